The number of nitrogens with zero attached hydrogens (tertiary/aromatic N) is 3. The summed E-state index contributed by atoms with van der Waals surface area (Å²) < 4.78 is 50.8. The van der Waals surface area contributed by atoms with E-state index in [2.05, 4.69) is 39.1 Å². The summed E-state index contributed by atoms with van der Waals surface area (Å²) in [5.41, 5.74) is 8.20. The summed E-state index contributed by atoms with van der Waals surface area (Å²) in [6.45, 7) is 13.5. The van der Waals surface area contributed by atoms with Gasteiger partial charge >= 0.3 is 6.03 Å². The molecule has 1 aromatic heterocycles. The molecule has 0 spiro atoms. The molecule has 1 fully saturated rings. The van der Waals surface area contributed by atoms with Gasteiger partial charge in [-0.15, -0.1) is 0 Å². The van der Waals surface area contributed by atoms with E-state index in [9.17, 15) is 18.0 Å². The van der Waals surface area contributed by atoms with Crippen molar-refractivity contribution in [3.63, 3.8) is 0 Å². The number of nitrogens with two attached hydrogens (primary N) is 1. The van der Waals surface area contributed by atoms with Gasteiger partial charge in [0.1, 0.15) is 23.1 Å². The van der Waals surface area contributed by atoms with Crippen molar-refractivity contribution in [2.24, 2.45) is 5.73 Å². The number of primary amides is 1. The fourth-order valence-electron chi connectivity index (χ4n) is 7.09. The van der Waals surface area contributed by atoms with Gasteiger partial charge in [0.25, 0.3) is 5.91 Å². The topological polar surface area (TPSA) is 187 Å². The van der Waals surface area contributed by atoms with E-state index in [1.807, 2.05) is 45.0 Å². The van der Waals surface area contributed by atoms with Crippen molar-refractivity contribution >= 4 is 61.3 Å². The molecule has 1 aliphatic rings. The van der Waals surface area contributed by atoms with Crippen LogP contribution in [0.4, 0.5) is 33.4 Å². The molecule has 0 bridgehead atoms. The van der Waals surface area contributed by atoms with Crippen LogP contribution in [-0.4, -0.2) is 89.1 Å². The average molecular weight is 840 g/mol. The Labute approximate surface area is 351 Å². The van der Waals surface area contributed by atoms with E-state index in [0.29, 0.717) is 77.1 Å². The second-order valence-electron chi connectivity index (χ2n) is 16.1. The number of pyridine rings is 1. The van der Waals surface area contributed by atoms with E-state index in [4.69, 9.17) is 24.7 Å². The molecule has 0 unspecified atom stereocenters. The second-order valence-corrected chi connectivity index (χ2v) is 17.9. The number of nitrogens with one attached hydrogen (secondary N) is 3. The maximum Gasteiger partial charge on any atom is 0.324 e. The lowest BCUT2D eigenvalue weighted by Gasteiger charge is -2.42. The van der Waals surface area contributed by atoms with Crippen LogP contribution in [0.15, 0.2) is 85.1 Å². The quantitative estimate of drug-likeness (QED) is 0.0867. The molecule has 2 heterocycles. The monoisotopic (exact) mass is 839 g/mol. The Morgan fingerprint density at radius 1 is 0.950 bits per heavy atom. The van der Waals surface area contributed by atoms with Crippen LogP contribution in [-0.2, 0) is 20.2 Å². The molecule has 5 N–H and O–H groups in total. The van der Waals surface area contributed by atoms with Crippen molar-refractivity contribution in [3.8, 4) is 23.0 Å². The van der Waals surface area contributed by atoms with Gasteiger partial charge in [-0.1, -0.05) is 45.0 Å². The maximum atomic E-state index is 13.4. The van der Waals surface area contributed by atoms with Crippen molar-refractivity contribution in [1.82, 2.24) is 15.2 Å². The Bertz CT molecular complexity index is 2510. The van der Waals surface area contributed by atoms with Crippen molar-refractivity contribution in [2.75, 3.05) is 68.3 Å². The molecule has 1 saturated heterocycles. The molecule has 3 amide bonds. The number of anilines is 5. The number of urea groups is 1. The number of benzene rings is 4. The van der Waals surface area contributed by atoms with Crippen LogP contribution in [0.1, 0.15) is 50.5 Å². The zero-order valence-electron chi connectivity index (χ0n) is 35.2. The lowest BCUT2D eigenvalue weighted by molar-refractivity contribution is -0.0498. The maximum absolute atomic E-state index is 13.4. The van der Waals surface area contributed by atoms with Crippen LogP contribution in [0.25, 0.3) is 10.8 Å². The van der Waals surface area contributed by atoms with E-state index in [-0.39, 0.29) is 28.6 Å². The summed E-state index contributed by atoms with van der Waals surface area (Å²) in [4.78, 5) is 34.7. The third-order valence-corrected chi connectivity index (χ3v) is 10.8. The SMILES string of the molecule is COc1cc(Nc2cc(Oc3ccc(N(C(N)=O)c4cc(C(C)(C)C)cc(NS(C)(=O)=O)c4OC)c4ccccc34)ccn2)ccc1C(=O)NCCN1CCOCC1(C)C. The van der Waals surface area contributed by atoms with Gasteiger partial charge in [0.15, 0.2) is 5.75 Å². The summed E-state index contributed by atoms with van der Waals surface area (Å²) in [6, 6.07) is 22.1. The lowest BCUT2D eigenvalue weighted by atomic mass is 9.86. The van der Waals surface area contributed by atoms with Gasteiger partial charge in [0.2, 0.25) is 10.0 Å². The number of hydrogen-bond acceptors (Lipinski definition) is 11. The minimum atomic E-state index is -3.72. The second kappa shape index (κ2) is 17.6. The molecule has 318 valence electrons. The van der Waals surface area contributed by atoms with Crippen LogP contribution >= 0.6 is 0 Å². The molecule has 5 aromatic rings. The number of carbonyl (C=O) groups excluding carboxylic acids is 2. The van der Waals surface area contributed by atoms with Crippen LogP contribution in [0.3, 0.4) is 0 Å². The van der Waals surface area contributed by atoms with Gasteiger partial charge < -0.3 is 35.3 Å². The molecular formula is C44H53N7O8S. The summed E-state index contributed by atoms with van der Waals surface area (Å²) in [7, 11) is -0.806. The lowest BCUT2D eigenvalue weighted by Crippen LogP contribution is -2.54. The number of hydrogen-bond donors (Lipinski definition) is 4. The van der Waals surface area contributed by atoms with Crippen LogP contribution < -0.4 is 40.2 Å². The Kier molecular flexibility index (Phi) is 12.8. The molecule has 4 aromatic carbocycles. The van der Waals surface area contributed by atoms with Crippen LogP contribution in [0.2, 0.25) is 0 Å². The molecule has 0 radical (unpaired) electrons. The highest BCUT2D eigenvalue weighted by atomic mass is 32.2. The molecule has 16 heteroatoms. The first-order valence-electron chi connectivity index (χ1n) is 19.4. The summed E-state index contributed by atoms with van der Waals surface area (Å²) >= 11 is 0. The smallest absolute Gasteiger partial charge is 0.324 e. The Hall–Kier alpha value is -6.10. The summed E-state index contributed by atoms with van der Waals surface area (Å²) in [5, 5.41) is 7.58. The molecule has 1 aliphatic heterocycles. The first kappa shape index (κ1) is 43.5. The highest BCUT2D eigenvalue weighted by Gasteiger charge is 2.31. The highest BCUT2D eigenvalue weighted by molar-refractivity contribution is 7.92. The zero-order valence-corrected chi connectivity index (χ0v) is 36.0. The first-order chi connectivity index (χ1) is 28.4. The number of aromatic nitrogens is 1. The van der Waals surface area contributed by atoms with Crippen LogP contribution in [0, 0.1) is 0 Å². The van der Waals surface area contributed by atoms with Gasteiger partial charge in [-0.05, 0) is 67.3 Å². The van der Waals surface area contributed by atoms with E-state index in [1.165, 1.54) is 19.1 Å². The fourth-order valence-corrected chi connectivity index (χ4v) is 7.64. The number of rotatable bonds is 14. The average Bonchev–Trinajstić information content (AvgIpc) is 3.18. The van der Waals surface area contributed by atoms with Crippen LogP contribution in [0.5, 0.6) is 23.0 Å². The molecule has 0 aliphatic carbocycles. The molecule has 0 saturated carbocycles. The van der Waals surface area contributed by atoms with Gasteiger partial charge in [0, 0.05) is 60.0 Å². The zero-order chi connectivity index (χ0) is 43.4. The number of fused-ring (bicyclic) bond motifs is 1. The first-order valence-corrected chi connectivity index (χ1v) is 21.3. The number of methoxy groups -OCH3 is 2. The van der Waals surface area contributed by atoms with Crippen molar-refractivity contribution in [1.29, 1.82) is 0 Å². The Morgan fingerprint density at radius 2 is 1.70 bits per heavy atom. The summed E-state index contributed by atoms with van der Waals surface area (Å²) in [6.07, 6.45) is 2.65. The van der Waals surface area contributed by atoms with Crippen molar-refractivity contribution in [3.05, 3.63) is 96.2 Å². The van der Waals surface area contributed by atoms with Gasteiger partial charge in [-0.2, -0.15) is 0 Å². The van der Waals surface area contributed by atoms with E-state index < -0.39 is 21.5 Å². The third-order valence-electron chi connectivity index (χ3n) is 10.2. The van der Waals surface area contributed by atoms with Gasteiger partial charge in [0.05, 0.1) is 56.3 Å². The number of morpholine rings is 1. The number of ether oxygens (including phenoxy) is 4. The van der Waals surface area contributed by atoms with E-state index in [1.54, 1.807) is 60.8 Å². The predicted octanol–water partition coefficient (Wildman–Crippen LogP) is 7.51. The normalized spacial score (nSPS) is 14.3. The molecule has 15 nitrogen and oxygen atoms in total. The molecule has 6 rings (SSSR count). The fraction of sp³-hybridized carbons (Fsp3) is 0.341. The minimum Gasteiger partial charge on any atom is -0.496 e. The number of carbonyl (C=O) groups is 2. The summed E-state index contributed by atoms with van der Waals surface area (Å²) in [5.74, 6) is 1.72. The van der Waals surface area contributed by atoms with E-state index >= 15 is 0 Å². The van der Waals surface area contributed by atoms with Gasteiger partial charge in [-0.3, -0.25) is 19.3 Å². The largest absolute Gasteiger partial charge is 0.496 e. The third kappa shape index (κ3) is 10.0. The molecule has 60 heavy (non-hydrogen) atoms. The highest BCUT2D eigenvalue weighted by Crippen LogP contribution is 2.46. The van der Waals surface area contributed by atoms with Crippen molar-refractivity contribution < 1.29 is 37.0 Å². The van der Waals surface area contributed by atoms with Gasteiger partial charge in [-0.25, -0.2) is 18.2 Å². The Balaban J connectivity index is 1.25. The minimum absolute atomic E-state index is 0.0970. The molecular weight excluding hydrogens is 787 g/mol. The number of amides is 3. The standard InChI is InChI=1S/C44H53N7O8S/c1-43(2,3)28-23-34(49-60(8,54)55)40(57-7)36(24-28)51(42(45)53)35-15-16-37(32-12-10-9-11-31(32)35)59-30-17-18-46-39(26-30)48-29-13-14-33(38(25-29)56-6)41(52)47-19-20-50-21-22-58-27-44(50,4)5/h9-18,23-26,49H,19-22,27H2,1-8H3,(H2,45,53)(H,46,48)(H,47,52). The number of sulfonamides is 1. The van der Waals surface area contributed by atoms with Crippen molar-refractivity contribution in [2.45, 2.75) is 45.6 Å². The predicted molar refractivity (Wildman–Crippen MR) is 235 cm³/mol. The Morgan fingerprint density at radius 3 is 2.37 bits per heavy atom. The molecule has 0 atom stereocenters. The van der Waals surface area contributed by atoms with E-state index in [0.717, 1.165) is 18.4 Å².